The third kappa shape index (κ3) is 6.36. The standard InChI is InChI=1S/C16H22FNO2/c1-12-8-9-14(17)13(11-12)7-5-6-10-18-15(19)20-16(2,3)4/h5,7-9,11H,6,10H2,1-4H3,(H,18,19). The lowest BCUT2D eigenvalue weighted by molar-refractivity contribution is 0.0529. The third-order valence-corrected chi connectivity index (χ3v) is 2.43. The summed E-state index contributed by atoms with van der Waals surface area (Å²) in [5, 5.41) is 2.65. The lowest BCUT2D eigenvalue weighted by Crippen LogP contribution is -2.32. The van der Waals surface area contributed by atoms with Gasteiger partial charge in [-0.05, 0) is 46.2 Å². The summed E-state index contributed by atoms with van der Waals surface area (Å²) in [5.74, 6) is -0.244. The molecule has 0 spiro atoms. The first-order valence-electron chi connectivity index (χ1n) is 6.67. The van der Waals surface area contributed by atoms with Crippen LogP contribution in [-0.2, 0) is 4.74 Å². The van der Waals surface area contributed by atoms with Gasteiger partial charge >= 0.3 is 6.09 Å². The van der Waals surface area contributed by atoms with E-state index in [4.69, 9.17) is 4.74 Å². The van der Waals surface area contributed by atoms with Crippen LogP contribution in [-0.4, -0.2) is 18.2 Å². The van der Waals surface area contributed by atoms with E-state index in [2.05, 4.69) is 5.32 Å². The van der Waals surface area contributed by atoms with Crippen molar-refractivity contribution in [3.05, 3.63) is 41.2 Å². The number of aryl methyl sites for hydroxylation is 1. The van der Waals surface area contributed by atoms with Crippen molar-refractivity contribution < 1.29 is 13.9 Å². The molecule has 1 aromatic carbocycles. The SMILES string of the molecule is Cc1ccc(F)c(C=CCCNC(=O)OC(C)(C)C)c1. The molecule has 0 atom stereocenters. The van der Waals surface area contributed by atoms with Gasteiger partial charge in [-0.3, -0.25) is 0 Å². The molecular weight excluding hydrogens is 257 g/mol. The summed E-state index contributed by atoms with van der Waals surface area (Å²) in [7, 11) is 0. The molecule has 0 aliphatic carbocycles. The van der Waals surface area contributed by atoms with Crippen molar-refractivity contribution in [3.8, 4) is 0 Å². The smallest absolute Gasteiger partial charge is 0.407 e. The van der Waals surface area contributed by atoms with Gasteiger partial charge in [-0.15, -0.1) is 0 Å². The molecular formula is C16H22FNO2. The highest BCUT2D eigenvalue weighted by Crippen LogP contribution is 2.12. The Morgan fingerprint density at radius 3 is 2.75 bits per heavy atom. The minimum atomic E-state index is -0.495. The molecule has 0 saturated heterocycles. The summed E-state index contributed by atoms with van der Waals surface area (Å²) in [6.45, 7) is 7.81. The van der Waals surface area contributed by atoms with Crippen LogP contribution >= 0.6 is 0 Å². The van der Waals surface area contributed by atoms with Crippen molar-refractivity contribution in [3.63, 3.8) is 0 Å². The molecule has 1 rings (SSSR count). The van der Waals surface area contributed by atoms with Gasteiger partial charge in [0.2, 0.25) is 0 Å². The largest absolute Gasteiger partial charge is 0.444 e. The van der Waals surface area contributed by atoms with Gasteiger partial charge in [0.05, 0.1) is 0 Å². The Kier molecular flexibility index (Phi) is 5.74. The van der Waals surface area contributed by atoms with Gasteiger partial charge in [0.25, 0.3) is 0 Å². The van der Waals surface area contributed by atoms with Gasteiger partial charge in [-0.2, -0.15) is 0 Å². The van der Waals surface area contributed by atoms with E-state index in [1.165, 1.54) is 6.07 Å². The Hall–Kier alpha value is -1.84. The number of nitrogens with one attached hydrogen (secondary N) is 1. The summed E-state index contributed by atoms with van der Waals surface area (Å²) < 4.78 is 18.6. The molecule has 3 nitrogen and oxygen atoms in total. The van der Waals surface area contributed by atoms with Crippen LogP contribution in [0.2, 0.25) is 0 Å². The number of rotatable bonds is 4. The van der Waals surface area contributed by atoms with Crippen LogP contribution < -0.4 is 5.32 Å². The molecule has 20 heavy (non-hydrogen) atoms. The van der Waals surface area contributed by atoms with E-state index in [0.29, 0.717) is 18.5 Å². The summed E-state index contributed by atoms with van der Waals surface area (Å²) in [5.41, 5.74) is 1.07. The van der Waals surface area contributed by atoms with E-state index in [9.17, 15) is 9.18 Å². The third-order valence-electron chi connectivity index (χ3n) is 2.43. The van der Waals surface area contributed by atoms with Crippen molar-refractivity contribution in [1.82, 2.24) is 5.32 Å². The maximum atomic E-state index is 13.5. The highest BCUT2D eigenvalue weighted by molar-refractivity contribution is 5.67. The number of halogens is 1. The zero-order valence-electron chi connectivity index (χ0n) is 12.5. The maximum Gasteiger partial charge on any atom is 0.407 e. The second kappa shape index (κ2) is 7.08. The van der Waals surface area contributed by atoms with Gasteiger partial charge < -0.3 is 10.1 Å². The molecule has 0 fully saturated rings. The van der Waals surface area contributed by atoms with Crippen molar-refractivity contribution in [2.75, 3.05) is 6.54 Å². The highest BCUT2D eigenvalue weighted by Gasteiger charge is 2.15. The summed E-state index contributed by atoms with van der Waals surface area (Å²) in [6.07, 6.45) is 3.73. The molecule has 1 amide bonds. The Balaban J connectivity index is 2.36. The van der Waals surface area contributed by atoms with Crippen LogP contribution in [0.1, 0.15) is 38.3 Å². The minimum absolute atomic E-state index is 0.244. The molecule has 0 aromatic heterocycles. The number of hydrogen-bond donors (Lipinski definition) is 1. The first kappa shape index (κ1) is 16.2. The number of carbonyl (C=O) groups is 1. The van der Waals surface area contributed by atoms with Crippen LogP contribution in [0.5, 0.6) is 0 Å². The van der Waals surface area contributed by atoms with Crippen LogP contribution in [0.4, 0.5) is 9.18 Å². The van der Waals surface area contributed by atoms with Gasteiger partial charge in [0, 0.05) is 12.1 Å². The normalized spacial score (nSPS) is 11.7. The summed E-state index contributed by atoms with van der Waals surface area (Å²) in [6, 6.07) is 4.97. The predicted octanol–water partition coefficient (Wildman–Crippen LogP) is 4.06. The van der Waals surface area contributed by atoms with Crippen molar-refractivity contribution in [2.45, 2.75) is 39.7 Å². The second-order valence-electron chi connectivity index (χ2n) is 5.64. The average Bonchev–Trinajstić information content (AvgIpc) is 2.30. The Morgan fingerprint density at radius 2 is 2.10 bits per heavy atom. The van der Waals surface area contributed by atoms with E-state index in [1.54, 1.807) is 18.2 Å². The van der Waals surface area contributed by atoms with E-state index in [0.717, 1.165) is 5.56 Å². The van der Waals surface area contributed by atoms with E-state index in [-0.39, 0.29) is 5.82 Å². The molecule has 0 aliphatic rings. The molecule has 0 heterocycles. The summed E-state index contributed by atoms with van der Waals surface area (Å²) >= 11 is 0. The monoisotopic (exact) mass is 279 g/mol. The van der Waals surface area contributed by atoms with Crippen LogP contribution in [0, 0.1) is 12.7 Å². The molecule has 1 N–H and O–H groups in total. The van der Waals surface area contributed by atoms with Crippen molar-refractivity contribution in [1.29, 1.82) is 0 Å². The fraction of sp³-hybridized carbons (Fsp3) is 0.438. The highest BCUT2D eigenvalue weighted by atomic mass is 19.1. The average molecular weight is 279 g/mol. The Labute approximate surface area is 119 Å². The van der Waals surface area contributed by atoms with E-state index in [1.807, 2.05) is 33.8 Å². The Morgan fingerprint density at radius 1 is 1.40 bits per heavy atom. The molecule has 0 radical (unpaired) electrons. The van der Waals surface area contributed by atoms with Gasteiger partial charge in [-0.25, -0.2) is 9.18 Å². The lowest BCUT2D eigenvalue weighted by Gasteiger charge is -2.19. The van der Waals surface area contributed by atoms with E-state index >= 15 is 0 Å². The van der Waals surface area contributed by atoms with Crippen LogP contribution in [0.3, 0.4) is 0 Å². The number of carbonyl (C=O) groups excluding carboxylic acids is 1. The quantitative estimate of drug-likeness (QED) is 0.844. The first-order chi connectivity index (χ1) is 9.28. The zero-order valence-corrected chi connectivity index (χ0v) is 12.5. The number of ether oxygens (including phenoxy) is 1. The molecule has 0 bridgehead atoms. The molecule has 110 valence electrons. The topological polar surface area (TPSA) is 38.3 Å². The lowest BCUT2D eigenvalue weighted by atomic mass is 10.1. The van der Waals surface area contributed by atoms with Gasteiger partial charge in [-0.1, -0.05) is 23.8 Å². The summed E-state index contributed by atoms with van der Waals surface area (Å²) in [4.78, 5) is 11.4. The number of amides is 1. The minimum Gasteiger partial charge on any atom is -0.444 e. The van der Waals surface area contributed by atoms with Crippen molar-refractivity contribution >= 4 is 12.2 Å². The fourth-order valence-corrected chi connectivity index (χ4v) is 1.57. The van der Waals surface area contributed by atoms with Gasteiger partial charge in [0.15, 0.2) is 0 Å². The number of alkyl carbamates (subject to hydrolysis) is 1. The van der Waals surface area contributed by atoms with Gasteiger partial charge in [0.1, 0.15) is 11.4 Å². The second-order valence-corrected chi connectivity index (χ2v) is 5.64. The number of benzene rings is 1. The van der Waals surface area contributed by atoms with Crippen LogP contribution in [0.25, 0.3) is 6.08 Å². The van der Waals surface area contributed by atoms with Crippen LogP contribution in [0.15, 0.2) is 24.3 Å². The van der Waals surface area contributed by atoms with Crippen molar-refractivity contribution in [2.24, 2.45) is 0 Å². The number of hydrogen-bond acceptors (Lipinski definition) is 2. The first-order valence-corrected chi connectivity index (χ1v) is 6.67. The zero-order chi connectivity index (χ0) is 15.2. The fourth-order valence-electron chi connectivity index (χ4n) is 1.57. The molecule has 1 aromatic rings. The Bertz CT molecular complexity index is 490. The molecule has 0 aliphatic heterocycles. The molecule has 4 heteroatoms. The van der Waals surface area contributed by atoms with E-state index < -0.39 is 11.7 Å². The molecule has 0 saturated carbocycles. The predicted molar refractivity (Wildman–Crippen MR) is 79.0 cm³/mol. The molecule has 0 unspecified atom stereocenters. The maximum absolute atomic E-state index is 13.5.